The van der Waals surface area contributed by atoms with Gasteiger partial charge in [-0.15, -0.1) is 0 Å². The van der Waals surface area contributed by atoms with Gasteiger partial charge in [-0.25, -0.2) is 9.59 Å². The van der Waals surface area contributed by atoms with E-state index < -0.39 is 63.2 Å². The molecule has 0 fully saturated rings. The van der Waals surface area contributed by atoms with Crippen molar-refractivity contribution >= 4 is 29.3 Å². The molecule has 0 aliphatic carbocycles. The molecule has 9 nitrogen and oxygen atoms in total. The van der Waals surface area contributed by atoms with E-state index in [0.717, 1.165) is 0 Å². The van der Waals surface area contributed by atoms with Crippen LogP contribution in [0.3, 0.4) is 0 Å². The number of esters is 2. The first kappa shape index (κ1) is 31.1. The molecule has 0 aromatic heterocycles. The van der Waals surface area contributed by atoms with Crippen molar-refractivity contribution in [2.75, 3.05) is 0 Å². The molecule has 0 amide bonds. The Morgan fingerprint density at radius 1 is 0.543 bits per heavy atom. The van der Waals surface area contributed by atoms with E-state index in [1.807, 2.05) is 0 Å². The maximum atomic E-state index is 14.4. The number of Topliss-reactive ketones (excluding diaryl/α,β-unsaturated/α-hetero) is 1. The van der Waals surface area contributed by atoms with Crippen LogP contribution in [0.4, 0.5) is 0 Å². The Labute approximate surface area is 263 Å². The molecule has 5 aromatic rings. The fourth-order valence-electron chi connectivity index (χ4n) is 4.82. The fraction of sp³-hybridized carbons (Fsp3) is 0.0541. The number of carbonyl (C=O) groups is 5. The molecule has 46 heavy (non-hydrogen) atoms. The van der Waals surface area contributed by atoms with Crippen molar-refractivity contribution in [2.24, 2.45) is 0 Å². The highest BCUT2D eigenvalue weighted by molar-refractivity contribution is 6.25. The zero-order valence-corrected chi connectivity index (χ0v) is 24.4. The molecule has 0 aliphatic heterocycles. The molecule has 0 aliphatic rings. The zero-order valence-electron chi connectivity index (χ0n) is 24.4. The number of benzene rings is 5. The molecule has 0 bridgehead atoms. The van der Waals surface area contributed by atoms with Crippen LogP contribution in [0, 0.1) is 0 Å². The molecular weight excluding hydrogens is 588 g/mol. The van der Waals surface area contributed by atoms with E-state index >= 15 is 0 Å². The number of carbonyl (C=O) groups excluding carboxylic acids is 5. The highest BCUT2D eigenvalue weighted by Crippen LogP contribution is 2.46. The lowest BCUT2D eigenvalue weighted by molar-refractivity contribution is 0.0464. The third-order valence-electron chi connectivity index (χ3n) is 7.07. The van der Waals surface area contributed by atoms with Crippen molar-refractivity contribution in [3.63, 3.8) is 0 Å². The summed E-state index contributed by atoms with van der Waals surface area (Å²) in [6.45, 7) is 0.938. The highest BCUT2D eigenvalue weighted by Gasteiger charge is 2.38. The van der Waals surface area contributed by atoms with Gasteiger partial charge in [0.1, 0.15) is 6.61 Å². The fourth-order valence-corrected chi connectivity index (χ4v) is 4.82. The molecule has 0 heterocycles. The number of phenols is 2. The Morgan fingerprint density at radius 2 is 1.07 bits per heavy atom. The maximum absolute atomic E-state index is 14.4. The van der Waals surface area contributed by atoms with Crippen LogP contribution in [0.15, 0.2) is 115 Å². The molecule has 9 heteroatoms. The van der Waals surface area contributed by atoms with Crippen molar-refractivity contribution in [1.29, 1.82) is 0 Å². The minimum atomic E-state index is -1.24. The first-order valence-corrected chi connectivity index (χ1v) is 14.0. The topological polar surface area (TPSA) is 144 Å². The summed E-state index contributed by atoms with van der Waals surface area (Å²) in [7, 11) is 0. The maximum Gasteiger partial charge on any atom is 0.343 e. The minimum absolute atomic E-state index is 0.00544. The molecule has 228 valence electrons. The van der Waals surface area contributed by atoms with Gasteiger partial charge in [0, 0.05) is 16.7 Å². The standard InChI is InChI=1S/C37H26O9/c1-22(38)26-19-11-12-20-27(26)32(40)30-28(37(44)45-21-23-13-5-2-6-14-23)29(31(39)24-15-7-3-8-16-24)33(41)34(42)35(30)46-36(43)25-17-9-4-10-18-25/h2-20,41-42H,21H2,1H3. The van der Waals surface area contributed by atoms with Gasteiger partial charge in [0.05, 0.1) is 22.3 Å². The summed E-state index contributed by atoms with van der Waals surface area (Å²) in [6, 6.07) is 29.4. The molecule has 0 spiro atoms. The molecule has 0 atom stereocenters. The van der Waals surface area contributed by atoms with Crippen LogP contribution in [0.25, 0.3) is 0 Å². The molecule has 0 saturated carbocycles. The van der Waals surface area contributed by atoms with Crippen molar-refractivity contribution in [3.05, 3.63) is 160 Å². The Kier molecular flexibility index (Phi) is 9.14. The van der Waals surface area contributed by atoms with Gasteiger partial charge in [0.25, 0.3) is 0 Å². The lowest BCUT2D eigenvalue weighted by Crippen LogP contribution is -2.22. The number of phenolic OH excluding ortho intramolecular Hbond substituents is 2. The number of hydrogen-bond acceptors (Lipinski definition) is 9. The number of ether oxygens (including phenoxy) is 2. The van der Waals surface area contributed by atoms with E-state index in [1.54, 1.807) is 66.7 Å². The molecule has 0 saturated heterocycles. The quantitative estimate of drug-likeness (QED) is 0.0797. The predicted molar refractivity (Wildman–Crippen MR) is 166 cm³/mol. The molecule has 5 aromatic carbocycles. The van der Waals surface area contributed by atoms with Crippen LogP contribution < -0.4 is 4.74 Å². The van der Waals surface area contributed by atoms with Crippen molar-refractivity contribution < 1.29 is 43.7 Å². The molecule has 2 N–H and O–H groups in total. The SMILES string of the molecule is CC(=O)c1ccccc1C(=O)c1c(OC(=O)c2ccccc2)c(O)c(O)c(C(=O)c2ccccc2)c1C(=O)OCc1ccccc1. The Balaban J connectivity index is 1.81. The Hall–Kier alpha value is -6.35. The van der Waals surface area contributed by atoms with Crippen molar-refractivity contribution in [3.8, 4) is 17.2 Å². The lowest BCUT2D eigenvalue weighted by Gasteiger charge is -2.20. The normalized spacial score (nSPS) is 10.5. The Bertz CT molecular complexity index is 1970. The van der Waals surface area contributed by atoms with E-state index in [9.17, 15) is 34.2 Å². The summed E-state index contributed by atoms with van der Waals surface area (Å²) in [4.78, 5) is 68.1. The van der Waals surface area contributed by atoms with Crippen molar-refractivity contribution in [1.82, 2.24) is 0 Å². The van der Waals surface area contributed by atoms with Crippen LogP contribution in [0.2, 0.25) is 0 Å². The molecular formula is C37H26O9. The van der Waals surface area contributed by atoms with Gasteiger partial charge in [0.2, 0.25) is 5.75 Å². The van der Waals surface area contributed by atoms with Gasteiger partial charge >= 0.3 is 11.9 Å². The Morgan fingerprint density at radius 3 is 1.65 bits per heavy atom. The van der Waals surface area contributed by atoms with E-state index in [4.69, 9.17) is 9.47 Å². The van der Waals surface area contributed by atoms with Gasteiger partial charge in [-0.2, -0.15) is 0 Å². The number of rotatable bonds is 10. The summed E-state index contributed by atoms with van der Waals surface area (Å²) >= 11 is 0. The second-order valence-electron chi connectivity index (χ2n) is 10.1. The van der Waals surface area contributed by atoms with Crippen LogP contribution in [0.1, 0.15) is 75.4 Å². The minimum Gasteiger partial charge on any atom is -0.504 e. The largest absolute Gasteiger partial charge is 0.504 e. The average molecular weight is 615 g/mol. The average Bonchev–Trinajstić information content (AvgIpc) is 3.09. The summed E-state index contributed by atoms with van der Waals surface area (Å²) in [6.07, 6.45) is 0. The number of ketones is 3. The monoisotopic (exact) mass is 614 g/mol. The summed E-state index contributed by atoms with van der Waals surface area (Å²) in [5.41, 5.74) is -1.95. The third kappa shape index (κ3) is 6.29. The van der Waals surface area contributed by atoms with E-state index in [2.05, 4.69) is 0 Å². The smallest absolute Gasteiger partial charge is 0.343 e. The van der Waals surface area contributed by atoms with Crippen molar-refractivity contribution in [2.45, 2.75) is 13.5 Å². The summed E-state index contributed by atoms with van der Waals surface area (Å²) < 4.78 is 11.0. The first-order chi connectivity index (χ1) is 22.2. The van der Waals surface area contributed by atoms with Crippen LogP contribution in [0.5, 0.6) is 17.2 Å². The molecule has 0 radical (unpaired) electrons. The van der Waals surface area contributed by atoms with Gasteiger partial charge < -0.3 is 19.7 Å². The second-order valence-corrected chi connectivity index (χ2v) is 10.1. The van der Waals surface area contributed by atoms with E-state index in [1.165, 1.54) is 55.5 Å². The lowest BCUT2D eigenvalue weighted by atomic mass is 9.87. The van der Waals surface area contributed by atoms with Gasteiger partial charge in [-0.05, 0) is 24.6 Å². The van der Waals surface area contributed by atoms with Gasteiger partial charge in [-0.3, -0.25) is 14.4 Å². The van der Waals surface area contributed by atoms with Gasteiger partial charge in [0.15, 0.2) is 28.8 Å². The van der Waals surface area contributed by atoms with E-state index in [0.29, 0.717) is 5.56 Å². The summed E-state index contributed by atoms with van der Waals surface area (Å²) in [5, 5.41) is 22.6. The predicted octanol–water partition coefficient (Wildman–Crippen LogP) is 6.34. The number of aromatic hydroxyl groups is 2. The van der Waals surface area contributed by atoms with Crippen LogP contribution in [-0.2, 0) is 11.3 Å². The first-order valence-electron chi connectivity index (χ1n) is 14.0. The number of hydrogen-bond donors (Lipinski definition) is 2. The van der Waals surface area contributed by atoms with Crippen LogP contribution >= 0.6 is 0 Å². The molecule has 0 unspecified atom stereocenters. The van der Waals surface area contributed by atoms with Crippen LogP contribution in [-0.4, -0.2) is 39.5 Å². The van der Waals surface area contributed by atoms with E-state index in [-0.39, 0.29) is 28.9 Å². The summed E-state index contributed by atoms with van der Waals surface area (Å²) in [5.74, 6) is -7.93. The highest BCUT2D eigenvalue weighted by atomic mass is 16.5. The third-order valence-corrected chi connectivity index (χ3v) is 7.07. The molecule has 5 rings (SSSR count). The second kappa shape index (κ2) is 13.5. The zero-order chi connectivity index (χ0) is 32.8. The van der Waals surface area contributed by atoms with Gasteiger partial charge in [-0.1, -0.05) is 103 Å².